The fourth-order valence-electron chi connectivity index (χ4n) is 1.17. The van der Waals surface area contributed by atoms with Gasteiger partial charge in [0, 0.05) is 12.7 Å². The van der Waals surface area contributed by atoms with E-state index in [0.29, 0.717) is 5.56 Å². The molecule has 0 radical (unpaired) electrons. The zero-order valence-corrected chi connectivity index (χ0v) is 8.06. The highest BCUT2D eigenvalue weighted by molar-refractivity contribution is 5.77. The maximum atomic E-state index is 11.2. The van der Waals surface area contributed by atoms with Crippen LogP contribution < -0.4 is 0 Å². The molecule has 0 fully saturated rings. The molecule has 76 valence electrons. The highest BCUT2D eigenvalue weighted by Gasteiger charge is 2.23. The Morgan fingerprint density at radius 2 is 2.00 bits per heavy atom. The first-order valence-electron chi connectivity index (χ1n) is 4.09. The third-order valence-corrected chi connectivity index (χ3v) is 1.87. The number of phenols is 1. The Bertz CT molecular complexity index is 322. The minimum absolute atomic E-state index is 0.0183. The van der Waals surface area contributed by atoms with Gasteiger partial charge in [-0.25, -0.2) is 4.79 Å². The Balaban J connectivity index is 3.01. The predicted molar refractivity (Wildman–Crippen MR) is 49.9 cm³/mol. The van der Waals surface area contributed by atoms with Crippen LogP contribution in [-0.4, -0.2) is 25.3 Å². The first-order chi connectivity index (χ1) is 6.70. The number of phenolic OH excluding ortho intramolecular Hbond substituents is 1. The summed E-state index contributed by atoms with van der Waals surface area (Å²) in [6.45, 7) is 0. The van der Waals surface area contributed by atoms with Gasteiger partial charge in [0.25, 0.3) is 0 Å². The molecule has 1 rings (SSSR count). The van der Waals surface area contributed by atoms with Gasteiger partial charge in [-0.3, -0.25) is 0 Å². The summed E-state index contributed by atoms with van der Waals surface area (Å²) in [5, 5.41) is 9.47. The summed E-state index contributed by atoms with van der Waals surface area (Å²) in [6.07, 6.45) is -0.874. The molecule has 0 unspecified atom stereocenters. The maximum absolute atomic E-state index is 11.2. The maximum Gasteiger partial charge on any atom is 0.339 e. The number of hydrogen-bond acceptors (Lipinski definition) is 4. The molecule has 1 N–H and O–H groups in total. The lowest BCUT2D eigenvalue weighted by Crippen LogP contribution is -2.16. The van der Waals surface area contributed by atoms with Crippen molar-refractivity contribution in [2.24, 2.45) is 0 Å². The molecule has 0 heterocycles. The van der Waals surface area contributed by atoms with Crippen molar-refractivity contribution in [3.8, 4) is 5.75 Å². The van der Waals surface area contributed by atoms with Crippen LogP contribution in [0.1, 0.15) is 11.7 Å². The lowest BCUT2D eigenvalue weighted by atomic mass is 10.1. The van der Waals surface area contributed by atoms with Gasteiger partial charge in [0.15, 0.2) is 6.10 Å². The van der Waals surface area contributed by atoms with Crippen LogP contribution in [0.5, 0.6) is 5.75 Å². The summed E-state index contributed by atoms with van der Waals surface area (Å²) in [6, 6.07) is 6.48. The summed E-state index contributed by atoms with van der Waals surface area (Å²) in [5.74, 6) is -0.515. The summed E-state index contributed by atoms with van der Waals surface area (Å²) in [5.41, 5.74) is 0.404. The molecule has 0 saturated carbocycles. The van der Waals surface area contributed by atoms with Crippen molar-refractivity contribution in [1.82, 2.24) is 0 Å². The Hall–Kier alpha value is -1.55. The molecule has 0 bridgehead atoms. The number of esters is 1. The molecule has 1 aromatic rings. The van der Waals surface area contributed by atoms with Crippen molar-refractivity contribution in [3.05, 3.63) is 29.8 Å². The number of rotatable bonds is 3. The number of carbonyl (C=O) groups is 1. The van der Waals surface area contributed by atoms with Gasteiger partial charge in [-0.1, -0.05) is 18.2 Å². The van der Waals surface area contributed by atoms with Gasteiger partial charge in [-0.2, -0.15) is 0 Å². The summed E-state index contributed by atoms with van der Waals surface area (Å²) in [7, 11) is 2.66. The fourth-order valence-corrected chi connectivity index (χ4v) is 1.17. The molecule has 0 amide bonds. The summed E-state index contributed by atoms with van der Waals surface area (Å²) < 4.78 is 9.47. The van der Waals surface area contributed by atoms with E-state index in [-0.39, 0.29) is 5.75 Å². The van der Waals surface area contributed by atoms with E-state index in [1.54, 1.807) is 18.2 Å². The second-order valence-electron chi connectivity index (χ2n) is 2.70. The van der Waals surface area contributed by atoms with Gasteiger partial charge in [-0.05, 0) is 6.07 Å². The molecular weight excluding hydrogens is 184 g/mol. The van der Waals surface area contributed by atoms with Crippen molar-refractivity contribution < 1.29 is 19.4 Å². The van der Waals surface area contributed by atoms with E-state index < -0.39 is 12.1 Å². The van der Waals surface area contributed by atoms with E-state index in [9.17, 15) is 9.90 Å². The number of methoxy groups -OCH3 is 2. The van der Waals surface area contributed by atoms with Crippen LogP contribution >= 0.6 is 0 Å². The van der Waals surface area contributed by atoms with E-state index in [2.05, 4.69) is 4.74 Å². The van der Waals surface area contributed by atoms with Crippen LogP contribution in [0.2, 0.25) is 0 Å². The topological polar surface area (TPSA) is 55.8 Å². The molecule has 14 heavy (non-hydrogen) atoms. The number of para-hydroxylation sites is 1. The van der Waals surface area contributed by atoms with Crippen molar-refractivity contribution >= 4 is 5.97 Å². The molecule has 0 aliphatic carbocycles. The van der Waals surface area contributed by atoms with E-state index in [0.717, 1.165) is 0 Å². The zero-order chi connectivity index (χ0) is 10.6. The van der Waals surface area contributed by atoms with Gasteiger partial charge in [-0.15, -0.1) is 0 Å². The Morgan fingerprint density at radius 1 is 1.36 bits per heavy atom. The predicted octanol–water partition coefficient (Wildman–Crippen LogP) is 1.25. The SMILES string of the molecule is COC(=O)[C@H](OC)c1ccccc1O. The standard InChI is InChI=1S/C10H12O4/c1-13-9(10(12)14-2)7-5-3-4-6-8(7)11/h3-6,9,11H,1-2H3/t9-/m1/s1. The first kappa shape index (κ1) is 10.5. The van der Waals surface area contributed by atoms with E-state index in [4.69, 9.17) is 4.74 Å². The van der Waals surface area contributed by atoms with E-state index in [1.165, 1.54) is 20.3 Å². The highest BCUT2D eigenvalue weighted by Crippen LogP contribution is 2.26. The average Bonchev–Trinajstić information content (AvgIpc) is 2.21. The average molecular weight is 196 g/mol. The molecule has 1 aromatic carbocycles. The smallest absolute Gasteiger partial charge is 0.339 e. The van der Waals surface area contributed by atoms with E-state index >= 15 is 0 Å². The largest absolute Gasteiger partial charge is 0.508 e. The fraction of sp³-hybridized carbons (Fsp3) is 0.300. The molecule has 0 aliphatic heterocycles. The molecule has 0 saturated heterocycles. The van der Waals surface area contributed by atoms with Crippen LogP contribution in [0.15, 0.2) is 24.3 Å². The van der Waals surface area contributed by atoms with Gasteiger partial charge >= 0.3 is 5.97 Å². The van der Waals surface area contributed by atoms with Crippen LogP contribution in [-0.2, 0) is 14.3 Å². The lowest BCUT2D eigenvalue weighted by Gasteiger charge is -2.13. The van der Waals surface area contributed by atoms with Crippen LogP contribution in [0.3, 0.4) is 0 Å². The van der Waals surface area contributed by atoms with E-state index in [1.807, 2.05) is 0 Å². The Labute approximate surface area is 82.1 Å². The molecule has 0 spiro atoms. The van der Waals surface area contributed by atoms with Crippen LogP contribution in [0.25, 0.3) is 0 Å². The molecule has 0 aromatic heterocycles. The van der Waals surface area contributed by atoms with Crippen molar-refractivity contribution in [2.75, 3.05) is 14.2 Å². The number of hydrogen-bond donors (Lipinski definition) is 1. The van der Waals surface area contributed by atoms with Crippen molar-refractivity contribution in [3.63, 3.8) is 0 Å². The van der Waals surface area contributed by atoms with Gasteiger partial charge in [0.05, 0.1) is 7.11 Å². The van der Waals surface area contributed by atoms with Crippen LogP contribution in [0, 0.1) is 0 Å². The third kappa shape index (κ3) is 2.03. The number of benzene rings is 1. The van der Waals surface area contributed by atoms with Crippen molar-refractivity contribution in [1.29, 1.82) is 0 Å². The molecule has 1 atom stereocenters. The second kappa shape index (κ2) is 4.62. The normalized spacial score (nSPS) is 12.1. The Kier molecular flexibility index (Phi) is 3.48. The minimum atomic E-state index is -0.874. The quantitative estimate of drug-likeness (QED) is 0.739. The number of carbonyl (C=O) groups excluding carboxylic acids is 1. The zero-order valence-electron chi connectivity index (χ0n) is 8.06. The second-order valence-corrected chi connectivity index (χ2v) is 2.70. The Morgan fingerprint density at radius 3 is 2.50 bits per heavy atom. The third-order valence-electron chi connectivity index (χ3n) is 1.87. The molecule has 4 heteroatoms. The van der Waals surface area contributed by atoms with Gasteiger partial charge in [0.2, 0.25) is 0 Å². The summed E-state index contributed by atoms with van der Waals surface area (Å²) >= 11 is 0. The minimum Gasteiger partial charge on any atom is -0.508 e. The van der Waals surface area contributed by atoms with Gasteiger partial charge < -0.3 is 14.6 Å². The lowest BCUT2D eigenvalue weighted by molar-refractivity contribution is -0.152. The van der Waals surface area contributed by atoms with Crippen LogP contribution in [0.4, 0.5) is 0 Å². The number of aromatic hydroxyl groups is 1. The summed E-state index contributed by atoms with van der Waals surface area (Å²) in [4.78, 5) is 11.2. The highest BCUT2D eigenvalue weighted by atomic mass is 16.6. The van der Waals surface area contributed by atoms with Crippen molar-refractivity contribution in [2.45, 2.75) is 6.10 Å². The molecule has 0 aliphatic rings. The monoisotopic (exact) mass is 196 g/mol. The first-order valence-corrected chi connectivity index (χ1v) is 4.09. The number of ether oxygens (including phenoxy) is 2. The molecular formula is C10H12O4. The molecule has 4 nitrogen and oxygen atoms in total. The van der Waals surface area contributed by atoms with Gasteiger partial charge in [0.1, 0.15) is 5.75 Å².